The zero-order chi connectivity index (χ0) is 9.42. The molecule has 2 rings (SSSR count). The highest BCUT2D eigenvalue weighted by molar-refractivity contribution is 14.1. The summed E-state index contributed by atoms with van der Waals surface area (Å²) in [6, 6.07) is 6.66. The van der Waals surface area contributed by atoms with Crippen molar-refractivity contribution < 1.29 is 0 Å². The molecule has 0 atom stereocenters. The summed E-state index contributed by atoms with van der Waals surface area (Å²) in [5.74, 6) is 0. The molecule has 0 N–H and O–H groups in total. The predicted octanol–water partition coefficient (Wildman–Crippen LogP) is 4.54. The average molecular weight is 320 g/mol. The molecule has 0 aliphatic heterocycles. The minimum Gasteiger partial charge on any atom is -0.139 e. The molecule has 68 valence electrons. The molecule has 0 fully saturated rings. The van der Waals surface area contributed by atoms with Crippen molar-refractivity contribution in [1.82, 2.24) is 0 Å². The maximum atomic E-state index is 2.40. The van der Waals surface area contributed by atoms with E-state index in [0.717, 1.165) is 0 Å². The molecule has 0 aliphatic rings. The predicted molar refractivity (Wildman–Crippen MR) is 71.1 cm³/mol. The molecule has 0 aliphatic carbocycles. The van der Waals surface area contributed by atoms with Crippen molar-refractivity contribution in [2.45, 2.75) is 11.8 Å². The van der Waals surface area contributed by atoms with Crippen molar-refractivity contribution in [3.63, 3.8) is 0 Å². The van der Waals surface area contributed by atoms with Gasteiger partial charge in [-0.05, 0) is 53.3 Å². The quantitative estimate of drug-likeness (QED) is 0.549. The van der Waals surface area contributed by atoms with E-state index in [1.165, 1.54) is 23.4 Å². The van der Waals surface area contributed by atoms with Crippen LogP contribution in [-0.2, 0) is 0 Å². The molecule has 0 nitrogen and oxygen atoms in total. The molecular weight excluding hydrogens is 311 g/mol. The van der Waals surface area contributed by atoms with Crippen molar-refractivity contribution in [2.24, 2.45) is 0 Å². The van der Waals surface area contributed by atoms with Crippen LogP contribution in [0.15, 0.2) is 23.1 Å². The van der Waals surface area contributed by atoms with Gasteiger partial charge in [-0.15, -0.1) is 23.1 Å². The van der Waals surface area contributed by atoms with Crippen molar-refractivity contribution in [3.8, 4) is 0 Å². The van der Waals surface area contributed by atoms with Crippen molar-refractivity contribution in [3.05, 3.63) is 26.6 Å². The maximum absolute atomic E-state index is 2.40. The van der Waals surface area contributed by atoms with Gasteiger partial charge in [-0.1, -0.05) is 6.07 Å². The summed E-state index contributed by atoms with van der Waals surface area (Å²) < 4.78 is 2.80. The molecule has 0 amide bonds. The topological polar surface area (TPSA) is 0 Å². The highest BCUT2D eigenvalue weighted by Crippen LogP contribution is 2.36. The summed E-state index contributed by atoms with van der Waals surface area (Å²) in [4.78, 5) is 2.82. The van der Waals surface area contributed by atoms with E-state index in [9.17, 15) is 0 Å². The third kappa shape index (κ3) is 1.74. The SMILES string of the molecule is CSc1c(I)ccc2cc(C)sc12. The number of thiophene rings is 1. The van der Waals surface area contributed by atoms with Crippen LogP contribution in [-0.4, -0.2) is 6.26 Å². The van der Waals surface area contributed by atoms with Gasteiger partial charge in [0.15, 0.2) is 0 Å². The molecule has 0 unspecified atom stereocenters. The molecule has 1 aromatic heterocycles. The van der Waals surface area contributed by atoms with E-state index in [4.69, 9.17) is 0 Å². The van der Waals surface area contributed by atoms with Gasteiger partial charge < -0.3 is 0 Å². The molecule has 1 aromatic carbocycles. The summed E-state index contributed by atoms with van der Waals surface area (Å²) in [5.41, 5.74) is 0. The third-order valence-corrected chi connectivity index (χ3v) is 5.23. The van der Waals surface area contributed by atoms with Gasteiger partial charge in [0, 0.05) is 18.0 Å². The molecule has 0 radical (unpaired) electrons. The van der Waals surface area contributed by atoms with Crippen LogP contribution in [0.1, 0.15) is 4.88 Å². The summed E-state index contributed by atoms with van der Waals surface area (Å²) in [5, 5.41) is 1.38. The first-order chi connectivity index (χ1) is 6.22. The molecule has 1 heterocycles. The second kappa shape index (κ2) is 3.79. The number of thioether (sulfide) groups is 1. The van der Waals surface area contributed by atoms with Crippen LogP contribution < -0.4 is 0 Å². The van der Waals surface area contributed by atoms with E-state index in [1.54, 1.807) is 0 Å². The minimum absolute atomic E-state index is 1.36. The van der Waals surface area contributed by atoms with E-state index >= 15 is 0 Å². The third-order valence-electron chi connectivity index (χ3n) is 1.92. The number of halogens is 1. The highest BCUT2D eigenvalue weighted by atomic mass is 127. The van der Waals surface area contributed by atoms with Crippen LogP contribution >= 0.6 is 45.7 Å². The molecule has 0 spiro atoms. The largest absolute Gasteiger partial charge is 0.139 e. The first kappa shape index (κ1) is 9.80. The van der Waals surface area contributed by atoms with Crippen molar-refractivity contribution in [1.29, 1.82) is 0 Å². The fraction of sp³-hybridized carbons (Fsp3) is 0.200. The molecule has 3 heteroatoms. The number of fused-ring (bicyclic) bond motifs is 1. The van der Waals surface area contributed by atoms with Gasteiger partial charge in [0.2, 0.25) is 0 Å². The lowest BCUT2D eigenvalue weighted by Gasteiger charge is -2.01. The monoisotopic (exact) mass is 320 g/mol. The Bertz CT molecular complexity index is 445. The molecular formula is C10H9IS2. The molecule has 13 heavy (non-hydrogen) atoms. The second-order valence-corrected chi connectivity index (χ2v) is 6.09. The lowest BCUT2D eigenvalue weighted by Crippen LogP contribution is -1.76. The van der Waals surface area contributed by atoms with Crippen LogP contribution in [0.5, 0.6) is 0 Å². The minimum atomic E-state index is 1.36. The van der Waals surface area contributed by atoms with E-state index in [0.29, 0.717) is 0 Å². The van der Waals surface area contributed by atoms with Crippen LogP contribution in [0.4, 0.5) is 0 Å². The first-order valence-corrected chi connectivity index (χ1v) is 7.07. The molecule has 0 bridgehead atoms. The molecule has 2 aromatic rings. The van der Waals surface area contributed by atoms with E-state index in [2.05, 4.69) is 54.0 Å². The Morgan fingerprint density at radius 3 is 2.85 bits per heavy atom. The van der Waals surface area contributed by atoms with Crippen LogP contribution in [0.2, 0.25) is 0 Å². The fourth-order valence-electron chi connectivity index (χ4n) is 1.37. The Labute approximate surface area is 99.9 Å². The smallest absolute Gasteiger partial charge is 0.0492 e. The van der Waals surface area contributed by atoms with Gasteiger partial charge >= 0.3 is 0 Å². The zero-order valence-corrected chi connectivity index (χ0v) is 11.2. The zero-order valence-electron chi connectivity index (χ0n) is 7.43. The summed E-state index contributed by atoms with van der Waals surface area (Å²) in [6.45, 7) is 2.17. The summed E-state index contributed by atoms with van der Waals surface area (Å²) in [6.07, 6.45) is 2.14. The van der Waals surface area contributed by atoms with Gasteiger partial charge in [0.25, 0.3) is 0 Å². The Morgan fingerprint density at radius 1 is 1.38 bits per heavy atom. The van der Waals surface area contributed by atoms with Crippen LogP contribution in [0, 0.1) is 10.5 Å². The second-order valence-electron chi connectivity index (χ2n) is 2.86. The number of hydrogen-bond acceptors (Lipinski definition) is 2. The lowest BCUT2D eigenvalue weighted by molar-refractivity contribution is 1.51. The van der Waals surface area contributed by atoms with Gasteiger partial charge in [-0.3, -0.25) is 0 Å². The summed E-state index contributed by atoms with van der Waals surface area (Å²) in [7, 11) is 0. The normalized spacial score (nSPS) is 11.0. The van der Waals surface area contributed by atoms with E-state index < -0.39 is 0 Å². The van der Waals surface area contributed by atoms with Crippen LogP contribution in [0.25, 0.3) is 10.1 Å². The average Bonchev–Trinajstić information content (AvgIpc) is 2.45. The number of aryl methyl sites for hydroxylation is 1. The number of benzene rings is 1. The van der Waals surface area contributed by atoms with E-state index in [-0.39, 0.29) is 0 Å². The molecule has 0 saturated heterocycles. The van der Waals surface area contributed by atoms with Crippen molar-refractivity contribution >= 4 is 55.8 Å². The number of hydrogen-bond donors (Lipinski definition) is 0. The Kier molecular flexibility index (Phi) is 2.86. The molecule has 0 saturated carbocycles. The lowest BCUT2D eigenvalue weighted by atomic mass is 10.2. The van der Waals surface area contributed by atoms with E-state index in [1.807, 2.05) is 23.1 Å². The van der Waals surface area contributed by atoms with Gasteiger partial charge in [-0.25, -0.2) is 0 Å². The Morgan fingerprint density at radius 2 is 2.15 bits per heavy atom. The fourth-order valence-corrected chi connectivity index (χ4v) is 4.56. The van der Waals surface area contributed by atoms with Gasteiger partial charge in [-0.2, -0.15) is 0 Å². The van der Waals surface area contributed by atoms with Gasteiger partial charge in [0.1, 0.15) is 0 Å². The Hall–Kier alpha value is 0.260. The maximum Gasteiger partial charge on any atom is 0.0492 e. The number of rotatable bonds is 1. The van der Waals surface area contributed by atoms with Crippen LogP contribution in [0.3, 0.4) is 0 Å². The van der Waals surface area contributed by atoms with Crippen molar-refractivity contribution in [2.75, 3.05) is 6.26 Å². The van der Waals surface area contributed by atoms with Gasteiger partial charge in [0.05, 0.1) is 0 Å². The Balaban J connectivity index is 2.82. The first-order valence-electron chi connectivity index (χ1n) is 3.95. The standard InChI is InChI=1S/C10H9IS2/c1-6-5-7-3-4-8(11)10(12-2)9(7)13-6/h3-5H,1-2H3. The highest BCUT2D eigenvalue weighted by Gasteiger charge is 2.06. The summed E-state index contributed by atoms with van der Waals surface area (Å²) >= 11 is 6.14.